The number of aliphatic hydroxyl groups excluding tert-OH is 2. The Morgan fingerprint density at radius 3 is 2.50 bits per heavy atom. The molecule has 13 heteroatoms. The highest BCUT2D eigenvalue weighted by molar-refractivity contribution is 6.03. The zero-order valence-electron chi connectivity index (χ0n) is 36.7. The third-order valence-corrected chi connectivity index (χ3v) is 12.8. The number of pyridine rings is 1. The Morgan fingerprint density at radius 1 is 0.922 bits per heavy atom. The molecule has 2 aliphatic heterocycles. The second kappa shape index (κ2) is 20.7. The number of unbranched alkanes of at least 4 members (excludes halogenated alkanes) is 2. The van der Waals surface area contributed by atoms with Crippen molar-refractivity contribution in [2.24, 2.45) is 22.9 Å². The molecule has 64 heavy (non-hydrogen) atoms. The minimum absolute atomic E-state index is 0.0349. The fourth-order valence-corrected chi connectivity index (χ4v) is 9.99. The lowest BCUT2D eigenvalue weighted by Gasteiger charge is -2.59. The fourth-order valence-electron chi connectivity index (χ4n) is 9.99. The van der Waals surface area contributed by atoms with Crippen molar-refractivity contribution in [1.29, 1.82) is 0 Å². The van der Waals surface area contributed by atoms with Gasteiger partial charge >= 0.3 is 6.09 Å². The van der Waals surface area contributed by atoms with E-state index in [1.807, 2.05) is 85.8 Å². The van der Waals surface area contributed by atoms with Gasteiger partial charge in [0, 0.05) is 43.4 Å². The van der Waals surface area contributed by atoms with Crippen molar-refractivity contribution in [3.05, 3.63) is 137 Å². The Hall–Kier alpha value is -5.89. The van der Waals surface area contributed by atoms with Crippen LogP contribution >= 0.6 is 0 Å². The molecule has 2 N–H and O–H groups in total. The van der Waals surface area contributed by atoms with Crippen LogP contribution < -0.4 is 18.9 Å². The number of benzene rings is 3. The van der Waals surface area contributed by atoms with Crippen molar-refractivity contribution in [2.45, 2.75) is 89.4 Å². The summed E-state index contributed by atoms with van der Waals surface area (Å²) in [4.78, 5) is 27.0. The first-order chi connectivity index (χ1) is 31.3. The SMILES string of the molecule is C=CCOC12Oc3ccc(OCc4cccc(C)n4)cc3C3C(CCCCO)C(CCCCO)C=C(C(=NOCc4ccccc4)CC1N(Cc1ccc4c(c1)OCO4)C(=O)OC)C32. The number of allylic oxidation sites excluding steroid dienone is 1. The average Bonchev–Trinajstić information content (AvgIpc) is 3.79. The number of ether oxygens (including phenoxy) is 6. The van der Waals surface area contributed by atoms with Gasteiger partial charge in [0.2, 0.25) is 12.6 Å². The van der Waals surface area contributed by atoms with Gasteiger partial charge in [-0.25, -0.2) is 4.79 Å². The smallest absolute Gasteiger partial charge is 0.410 e. The van der Waals surface area contributed by atoms with Crippen LogP contribution in [-0.2, 0) is 34.1 Å². The molecule has 1 fully saturated rings. The molecule has 3 heterocycles. The number of aromatic nitrogens is 1. The van der Waals surface area contributed by atoms with Gasteiger partial charge in [-0.15, -0.1) is 6.58 Å². The highest BCUT2D eigenvalue weighted by Crippen LogP contribution is 2.62. The molecule has 6 unspecified atom stereocenters. The zero-order chi connectivity index (χ0) is 44.5. The number of carbonyl (C=O) groups excluding carboxylic acids is 1. The van der Waals surface area contributed by atoms with E-state index in [0.29, 0.717) is 41.6 Å². The molecule has 4 aliphatic rings. The van der Waals surface area contributed by atoms with Crippen molar-refractivity contribution in [1.82, 2.24) is 9.88 Å². The van der Waals surface area contributed by atoms with Crippen LogP contribution in [-0.4, -0.2) is 77.5 Å². The standard InChI is InChI=1S/C51H59N3O10/c1-4-25-62-51-47(54(50(57)58-3)30-36-19-21-45-46(26-36)61-33-60-45)29-43(53-63-31-35-14-6-5-7-15-35)41-27-37(16-8-10-23-55)40(18-9-11-24-56)48(49(41)51)42-28-39(20-22-44(42)64-51)59-32-38-17-12-13-34(2)52-38/h4-7,12-15,17,19-22,26-28,37,40,47-49,55-56H,1,8-11,16,18,23-25,29-33H2,2-3H3. The number of aryl methyl sites for hydroxylation is 1. The maximum atomic E-state index is 14.4. The average molecular weight is 874 g/mol. The maximum absolute atomic E-state index is 14.4. The molecule has 8 rings (SSSR count). The number of oxime groups is 1. The number of fused-ring (bicyclic) bond motifs is 3. The van der Waals surface area contributed by atoms with Gasteiger partial charge in [0.25, 0.3) is 0 Å². The number of amides is 1. The number of carbonyl (C=O) groups is 1. The summed E-state index contributed by atoms with van der Waals surface area (Å²) < 4.78 is 37.9. The zero-order valence-corrected chi connectivity index (χ0v) is 36.7. The van der Waals surface area contributed by atoms with E-state index in [1.54, 1.807) is 11.0 Å². The van der Waals surface area contributed by atoms with Crippen molar-refractivity contribution in [2.75, 3.05) is 33.7 Å². The molecule has 338 valence electrons. The molecule has 0 radical (unpaired) electrons. The summed E-state index contributed by atoms with van der Waals surface area (Å²) in [5, 5.41) is 24.9. The minimum atomic E-state index is -1.47. The van der Waals surface area contributed by atoms with Crippen LogP contribution in [0.1, 0.15) is 78.9 Å². The molecular formula is C51H59N3O10. The molecule has 4 aromatic rings. The number of aliphatic hydroxyl groups is 2. The molecule has 0 saturated heterocycles. The first-order valence-electron chi connectivity index (χ1n) is 22.4. The van der Waals surface area contributed by atoms with Crippen LogP contribution in [0.5, 0.6) is 23.0 Å². The van der Waals surface area contributed by atoms with E-state index in [1.165, 1.54) is 7.11 Å². The van der Waals surface area contributed by atoms with Crippen LogP contribution in [0.4, 0.5) is 4.79 Å². The van der Waals surface area contributed by atoms with Gasteiger partial charge in [0.15, 0.2) is 11.5 Å². The van der Waals surface area contributed by atoms with Gasteiger partial charge in [-0.05, 0) is 104 Å². The second-order valence-electron chi connectivity index (χ2n) is 16.9. The van der Waals surface area contributed by atoms with Crippen molar-refractivity contribution in [3.63, 3.8) is 0 Å². The van der Waals surface area contributed by atoms with Gasteiger partial charge in [-0.1, -0.05) is 72.6 Å². The maximum Gasteiger partial charge on any atom is 0.410 e. The fraction of sp³-hybridized carbons (Fsp3) is 0.431. The molecule has 1 amide bonds. The third-order valence-electron chi connectivity index (χ3n) is 12.8. The lowest BCUT2D eigenvalue weighted by atomic mass is 9.55. The summed E-state index contributed by atoms with van der Waals surface area (Å²) >= 11 is 0. The van der Waals surface area contributed by atoms with E-state index in [9.17, 15) is 15.0 Å². The minimum Gasteiger partial charge on any atom is -0.487 e. The van der Waals surface area contributed by atoms with Crippen LogP contribution in [0.3, 0.4) is 0 Å². The molecule has 2 aliphatic carbocycles. The Balaban J connectivity index is 1.30. The highest BCUT2D eigenvalue weighted by Gasteiger charge is 2.65. The Labute approximate surface area is 375 Å². The van der Waals surface area contributed by atoms with Crippen molar-refractivity contribution >= 4 is 11.8 Å². The summed E-state index contributed by atoms with van der Waals surface area (Å²) in [7, 11) is 1.38. The molecule has 6 atom stereocenters. The monoisotopic (exact) mass is 873 g/mol. The lowest BCUT2D eigenvalue weighted by Crippen LogP contribution is -2.70. The van der Waals surface area contributed by atoms with E-state index in [-0.39, 0.29) is 70.5 Å². The van der Waals surface area contributed by atoms with Gasteiger partial charge < -0.3 is 43.5 Å². The number of methoxy groups -OCH3 is 1. The van der Waals surface area contributed by atoms with E-state index >= 15 is 0 Å². The summed E-state index contributed by atoms with van der Waals surface area (Å²) in [6.07, 6.45) is 8.21. The summed E-state index contributed by atoms with van der Waals surface area (Å²) in [6, 6.07) is 26.5. The van der Waals surface area contributed by atoms with E-state index in [4.69, 9.17) is 38.4 Å². The van der Waals surface area contributed by atoms with Crippen LogP contribution in [0.25, 0.3) is 0 Å². The molecule has 0 bridgehead atoms. The van der Waals surface area contributed by atoms with Gasteiger partial charge in [0.1, 0.15) is 30.8 Å². The van der Waals surface area contributed by atoms with E-state index in [0.717, 1.165) is 59.3 Å². The molecule has 3 aromatic carbocycles. The quantitative estimate of drug-likeness (QED) is 0.0498. The molecule has 13 nitrogen and oxygen atoms in total. The third kappa shape index (κ3) is 9.62. The van der Waals surface area contributed by atoms with Gasteiger partial charge in [0.05, 0.1) is 31.0 Å². The van der Waals surface area contributed by atoms with Gasteiger partial charge in [-0.3, -0.25) is 9.88 Å². The predicted molar refractivity (Wildman–Crippen MR) is 240 cm³/mol. The second-order valence-corrected chi connectivity index (χ2v) is 16.9. The van der Waals surface area contributed by atoms with Crippen molar-refractivity contribution in [3.8, 4) is 23.0 Å². The predicted octanol–water partition coefficient (Wildman–Crippen LogP) is 8.80. The number of nitrogens with zero attached hydrogens (tertiary/aromatic N) is 3. The van der Waals surface area contributed by atoms with E-state index in [2.05, 4.69) is 23.7 Å². The van der Waals surface area contributed by atoms with E-state index < -0.39 is 23.8 Å². The highest BCUT2D eigenvalue weighted by atomic mass is 16.7. The first kappa shape index (κ1) is 44.7. The Kier molecular flexibility index (Phi) is 14.5. The topological polar surface area (TPSA) is 151 Å². The summed E-state index contributed by atoms with van der Waals surface area (Å²) in [5.41, 5.74) is 6.05. The molecule has 1 aromatic heterocycles. The summed E-state index contributed by atoms with van der Waals surface area (Å²) in [6.45, 7) is 7.08. The first-order valence-corrected chi connectivity index (χ1v) is 22.4. The largest absolute Gasteiger partial charge is 0.487 e. The molecule has 0 spiro atoms. The normalized spacial score (nSPS) is 23.3. The number of rotatable bonds is 20. The molecular weight excluding hydrogens is 815 g/mol. The number of hydrogen-bond donors (Lipinski definition) is 2. The number of hydrogen-bond acceptors (Lipinski definition) is 12. The van der Waals surface area contributed by atoms with Crippen molar-refractivity contribution < 1.29 is 48.3 Å². The van der Waals surface area contributed by atoms with Gasteiger partial charge in [-0.2, -0.15) is 0 Å². The van der Waals surface area contributed by atoms with Crippen LogP contribution in [0, 0.1) is 24.7 Å². The van der Waals surface area contributed by atoms with Crippen LogP contribution in [0.15, 0.2) is 114 Å². The Bertz CT molecular complexity index is 2300. The van der Waals surface area contributed by atoms with Crippen LogP contribution in [0.2, 0.25) is 0 Å². The lowest BCUT2D eigenvalue weighted by molar-refractivity contribution is -0.256. The molecule has 1 saturated carbocycles. The summed E-state index contributed by atoms with van der Waals surface area (Å²) in [5.74, 6) is 0.385. The Morgan fingerprint density at radius 2 is 1.72 bits per heavy atom.